The van der Waals surface area contributed by atoms with Gasteiger partial charge in [0.05, 0.1) is 12.2 Å². The molecule has 0 bridgehead atoms. The molecule has 1 unspecified atom stereocenters. The highest BCUT2D eigenvalue weighted by atomic mass is 19.4. The summed E-state index contributed by atoms with van der Waals surface area (Å²) in [5, 5.41) is 0. The molecule has 0 saturated heterocycles. The van der Waals surface area contributed by atoms with Gasteiger partial charge in [0.1, 0.15) is 5.75 Å². The summed E-state index contributed by atoms with van der Waals surface area (Å²) in [6.07, 6.45) is -3.90. The minimum atomic E-state index is -4.36. The van der Waals surface area contributed by atoms with Crippen LogP contribution in [0, 0.1) is 11.8 Å². The normalized spacial score (nSPS) is 13.5. The van der Waals surface area contributed by atoms with E-state index in [2.05, 4.69) is 0 Å². The molecule has 4 N–H and O–H groups in total. The zero-order valence-corrected chi connectivity index (χ0v) is 12.4. The van der Waals surface area contributed by atoms with Crippen molar-refractivity contribution >= 4 is 0 Å². The topological polar surface area (TPSA) is 61.3 Å². The molecule has 3 nitrogen and oxygen atoms in total. The molecule has 6 heteroatoms. The van der Waals surface area contributed by atoms with Gasteiger partial charge in [-0.1, -0.05) is 6.92 Å². The Morgan fingerprint density at radius 2 is 1.81 bits per heavy atom. The molecule has 0 aliphatic heterocycles. The van der Waals surface area contributed by atoms with Gasteiger partial charge in [0.15, 0.2) is 0 Å². The average Bonchev–Trinajstić information content (AvgIpc) is 2.41. The number of halogens is 3. The SMILES string of the molecule is CCOc1ccc(C(F)(F)F)cc1CC(C)C(CN)CN. The van der Waals surface area contributed by atoms with Gasteiger partial charge in [0, 0.05) is 0 Å². The molecule has 0 spiro atoms. The Labute approximate surface area is 123 Å². The van der Waals surface area contributed by atoms with E-state index in [0.717, 1.165) is 12.1 Å². The van der Waals surface area contributed by atoms with Crippen LogP contribution in [0.2, 0.25) is 0 Å². The lowest BCUT2D eigenvalue weighted by Gasteiger charge is -2.22. The van der Waals surface area contributed by atoms with E-state index in [0.29, 0.717) is 37.4 Å². The number of hydrogen-bond acceptors (Lipinski definition) is 3. The van der Waals surface area contributed by atoms with Gasteiger partial charge in [0.2, 0.25) is 0 Å². The van der Waals surface area contributed by atoms with Crippen molar-refractivity contribution in [2.75, 3.05) is 19.7 Å². The summed E-state index contributed by atoms with van der Waals surface area (Å²) in [5.41, 5.74) is 11.2. The van der Waals surface area contributed by atoms with Gasteiger partial charge in [-0.2, -0.15) is 13.2 Å². The van der Waals surface area contributed by atoms with Crippen LogP contribution < -0.4 is 16.2 Å². The van der Waals surface area contributed by atoms with Crippen LogP contribution in [0.4, 0.5) is 13.2 Å². The lowest BCUT2D eigenvalue weighted by Crippen LogP contribution is -2.30. The van der Waals surface area contributed by atoms with Gasteiger partial charge in [0.25, 0.3) is 0 Å². The van der Waals surface area contributed by atoms with E-state index in [-0.39, 0.29) is 11.8 Å². The van der Waals surface area contributed by atoms with E-state index in [4.69, 9.17) is 16.2 Å². The second-order valence-electron chi connectivity index (χ2n) is 5.17. The van der Waals surface area contributed by atoms with Crippen LogP contribution in [0.3, 0.4) is 0 Å². The van der Waals surface area contributed by atoms with Gasteiger partial charge in [-0.3, -0.25) is 0 Å². The van der Waals surface area contributed by atoms with E-state index in [9.17, 15) is 13.2 Å². The zero-order chi connectivity index (χ0) is 16.0. The summed E-state index contributed by atoms with van der Waals surface area (Å²) in [6.45, 7) is 4.99. The predicted octanol–water partition coefficient (Wildman–Crippen LogP) is 2.82. The van der Waals surface area contributed by atoms with Gasteiger partial charge >= 0.3 is 6.18 Å². The number of benzene rings is 1. The average molecular weight is 304 g/mol. The number of alkyl halides is 3. The van der Waals surface area contributed by atoms with Crippen LogP contribution in [0.5, 0.6) is 5.75 Å². The summed E-state index contributed by atoms with van der Waals surface area (Å²) in [7, 11) is 0. The van der Waals surface area contributed by atoms with Crippen LogP contribution >= 0.6 is 0 Å². The quantitative estimate of drug-likeness (QED) is 0.814. The number of rotatable bonds is 7. The zero-order valence-electron chi connectivity index (χ0n) is 12.4. The predicted molar refractivity (Wildman–Crippen MR) is 77.1 cm³/mol. The third-order valence-corrected chi connectivity index (χ3v) is 3.64. The first-order valence-electron chi connectivity index (χ1n) is 7.06. The van der Waals surface area contributed by atoms with Gasteiger partial charge in [-0.05, 0) is 62.0 Å². The molecule has 0 heterocycles. The molecular formula is C15H23F3N2O. The van der Waals surface area contributed by atoms with E-state index in [1.165, 1.54) is 6.07 Å². The van der Waals surface area contributed by atoms with Gasteiger partial charge < -0.3 is 16.2 Å². The van der Waals surface area contributed by atoms with E-state index >= 15 is 0 Å². The molecule has 1 aromatic carbocycles. The molecule has 1 rings (SSSR count). The fourth-order valence-corrected chi connectivity index (χ4v) is 2.29. The second-order valence-corrected chi connectivity index (χ2v) is 5.17. The Hall–Kier alpha value is -1.27. The van der Waals surface area contributed by atoms with E-state index in [1.54, 1.807) is 6.92 Å². The van der Waals surface area contributed by atoms with Crippen molar-refractivity contribution in [3.8, 4) is 5.75 Å². The third-order valence-electron chi connectivity index (χ3n) is 3.64. The summed E-state index contributed by atoms with van der Waals surface area (Å²) < 4.78 is 43.9. The van der Waals surface area contributed by atoms with Gasteiger partial charge in [-0.25, -0.2) is 0 Å². The monoisotopic (exact) mass is 304 g/mol. The number of hydrogen-bond donors (Lipinski definition) is 2. The van der Waals surface area contributed by atoms with Gasteiger partial charge in [-0.15, -0.1) is 0 Å². The lowest BCUT2D eigenvalue weighted by molar-refractivity contribution is -0.137. The minimum Gasteiger partial charge on any atom is -0.494 e. The van der Waals surface area contributed by atoms with E-state index in [1.807, 2.05) is 6.92 Å². The number of ether oxygens (including phenoxy) is 1. The number of nitrogens with two attached hydrogens (primary N) is 2. The van der Waals surface area contributed by atoms with Crippen molar-refractivity contribution in [2.24, 2.45) is 23.3 Å². The van der Waals surface area contributed by atoms with Crippen LogP contribution in [0.15, 0.2) is 18.2 Å². The first kappa shape index (κ1) is 17.8. The third kappa shape index (κ3) is 4.89. The summed E-state index contributed by atoms with van der Waals surface area (Å²) in [4.78, 5) is 0. The standard InChI is InChI=1S/C15H23F3N2O/c1-3-21-14-5-4-13(15(16,17)18)7-11(14)6-10(2)12(8-19)9-20/h4-5,7,10,12H,3,6,8-9,19-20H2,1-2H3. The Morgan fingerprint density at radius 3 is 2.29 bits per heavy atom. The molecule has 1 atom stereocenters. The van der Waals surface area contributed by atoms with E-state index < -0.39 is 11.7 Å². The van der Waals surface area contributed by atoms with Crippen molar-refractivity contribution in [3.05, 3.63) is 29.3 Å². The lowest BCUT2D eigenvalue weighted by atomic mass is 9.87. The molecule has 0 aliphatic carbocycles. The molecule has 21 heavy (non-hydrogen) atoms. The highest BCUT2D eigenvalue weighted by Crippen LogP contribution is 2.34. The molecule has 120 valence electrons. The molecule has 0 amide bonds. The molecule has 0 saturated carbocycles. The summed E-state index contributed by atoms with van der Waals surface area (Å²) in [5.74, 6) is 0.654. The highest BCUT2D eigenvalue weighted by molar-refractivity contribution is 5.38. The minimum absolute atomic E-state index is 0.0778. The van der Waals surface area contributed by atoms with Crippen molar-refractivity contribution in [3.63, 3.8) is 0 Å². The maximum atomic E-state index is 12.8. The summed E-state index contributed by atoms with van der Waals surface area (Å²) >= 11 is 0. The maximum absolute atomic E-state index is 12.8. The fourth-order valence-electron chi connectivity index (χ4n) is 2.29. The van der Waals surface area contributed by atoms with Crippen molar-refractivity contribution in [1.29, 1.82) is 0 Å². The Balaban J connectivity index is 3.06. The molecule has 0 aliphatic rings. The van der Waals surface area contributed by atoms with Crippen LogP contribution in [0.25, 0.3) is 0 Å². The smallest absolute Gasteiger partial charge is 0.416 e. The second kappa shape index (κ2) is 7.66. The Kier molecular flexibility index (Phi) is 6.48. The van der Waals surface area contributed by atoms with Crippen LogP contribution in [-0.4, -0.2) is 19.7 Å². The Morgan fingerprint density at radius 1 is 1.19 bits per heavy atom. The summed E-state index contributed by atoms with van der Waals surface area (Å²) in [6, 6.07) is 3.59. The maximum Gasteiger partial charge on any atom is 0.416 e. The highest BCUT2D eigenvalue weighted by Gasteiger charge is 2.31. The fraction of sp³-hybridized carbons (Fsp3) is 0.600. The first-order valence-corrected chi connectivity index (χ1v) is 7.06. The van der Waals surface area contributed by atoms with Crippen molar-refractivity contribution in [1.82, 2.24) is 0 Å². The first-order chi connectivity index (χ1) is 9.83. The molecular weight excluding hydrogens is 281 g/mol. The molecule has 0 fully saturated rings. The molecule has 0 radical (unpaired) electrons. The van der Waals surface area contributed by atoms with Crippen LogP contribution in [-0.2, 0) is 12.6 Å². The molecule has 1 aromatic rings. The molecule has 0 aromatic heterocycles. The largest absolute Gasteiger partial charge is 0.494 e. The van der Waals surface area contributed by atoms with Crippen molar-refractivity contribution in [2.45, 2.75) is 26.4 Å². The van der Waals surface area contributed by atoms with Crippen LogP contribution in [0.1, 0.15) is 25.0 Å². The van der Waals surface area contributed by atoms with Crippen molar-refractivity contribution < 1.29 is 17.9 Å². The Bertz CT molecular complexity index is 445.